The summed E-state index contributed by atoms with van der Waals surface area (Å²) < 4.78 is 0. The van der Waals surface area contributed by atoms with Gasteiger partial charge in [0.15, 0.2) is 5.16 Å². The zero-order chi connectivity index (χ0) is 15.4. The summed E-state index contributed by atoms with van der Waals surface area (Å²) in [5.74, 6) is 0. The minimum absolute atomic E-state index is 0.0621. The van der Waals surface area contributed by atoms with Gasteiger partial charge in [0.05, 0.1) is 9.82 Å². The molecule has 0 aliphatic heterocycles. The lowest BCUT2D eigenvalue weighted by atomic mass is 10.2. The van der Waals surface area contributed by atoms with Gasteiger partial charge in [-0.1, -0.05) is 6.07 Å². The Morgan fingerprint density at radius 1 is 1.29 bits per heavy atom. The van der Waals surface area contributed by atoms with Crippen molar-refractivity contribution in [1.29, 1.82) is 0 Å². The topological polar surface area (TPSA) is 81.0 Å². The second kappa shape index (κ2) is 6.53. The largest absolute Gasteiger partial charge is 0.380 e. The lowest BCUT2D eigenvalue weighted by Gasteiger charge is -2.08. The number of nitro groups is 1. The van der Waals surface area contributed by atoms with Crippen molar-refractivity contribution in [2.24, 2.45) is 0 Å². The zero-order valence-corrected chi connectivity index (χ0v) is 12.9. The highest BCUT2D eigenvalue weighted by molar-refractivity contribution is 7.99. The molecule has 0 saturated carbocycles. The van der Waals surface area contributed by atoms with Crippen LogP contribution >= 0.6 is 11.8 Å². The van der Waals surface area contributed by atoms with E-state index in [2.05, 4.69) is 15.3 Å². The first-order valence-electron chi connectivity index (χ1n) is 6.52. The third kappa shape index (κ3) is 3.69. The molecule has 0 unspecified atom stereocenters. The molecule has 2 rings (SSSR count). The molecule has 1 N–H and O–H groups in total. The molecule has 0 spiro atoms. The Labute approximate surface area is 127 Å². The highest BCUT2D eigenvalue weighted by atomic mass is 32.2. The molecule has 0 bridgehead atoms. The van der Waals surface area contributed by atoms with Crippen molar-refractivity contribution in [3.8, 4) is 0 Å². The summed E-state index contributed by atoms with van der Waals surface area (Å²) in [5, 5.41) is 14.9. The summed E-state index contributed by atoms with van der Waals surface area (Å²) in [6, 6.07) is 7.07. The number of nitrogens with zero attached hydrogens (tertiary/aromatic N) is 3. The summed E-state index contributed by atoms with van der Waals surface area (Å²) in [4.78, 5) is 20.1. The van der Waals surface area contributed by atoms with Crippen LogP contribution in [0.25, 0.3) is 0 Å². The monoisotopic (exact) mass is 304 g/mol. The summed E-state index contributed by atoms with van der Waals surface area (Å²) in [7, 11) is 0. The second-order valence-corrected chi connectivity index (χ2v) is 5.48. The highest BCUT2D eigenvalue weighted by Gasteiger charge is 2.21. The molecule has 2 aromatic rings. The molecule has 0 amide bonds. The number of anilines is 1. The maximum absolute atomic E-state index is 11.4. The number of benzene rings is 1. The first-order chi connectivity index (χ1) is 10.0. The van der Waals surface area contributed by atoms with Crippen LogP contribution in [-0.4, -0.2) is 21.4 Å². The molecule has 6 nitrogen and oxygen atoms in total. The standard InChI is InChI=1S/C14H16N4O2S/c1-4-15-11-6-5-7-12(13(11)18(19)20)21-14-16-9(2)8-10(3)17-14/h5-8,15H,4H2,1-3H3. The van der Waals surface area contributed by atoms with Crippen LogP contribution in [0.1, 0.15) is 18.3 Å². The minimum atomic E-state index is -0.372. The molecule has 21 heavy (non-hydrogen) atoms. The van der Waals surface area contributed by atoms with Gasteiger partial charge in [-0.05, 0) is 50.7 Å². The van der Waals surface area contributed by atoms with Gasteiger partial charge >= 0.3 is 5.69 Å². The Kier molecular flexibility index (Phi) is 4.74. The summed E-state index contributed by atoms with van der Waals surface area (Å²) >= 11 is 1.21. The number of aromatic nitrogens is 2. The molecule has 0 aliphatic rings. The van der Waals surface area contributed by atoms with E-state index in [1.54, 1.807) is 18.2 Å². The quantitative estimate of drug-likeness (QED) is 0.516. The molecular weight excluding hydrogens is 288 g/mol. The smallest absolute Gasteiger partial charge is 0.306 e. The highest BCUT2D eigenvalue weighted by Crippen LogP contribution is 2.38. The fourth-order valence-corrected chi connectivity index (χ4v) is 2.97. The number of aryl methyl sites for hydroxylation is 2. The predicted molar refractivity (Wildman–Crippen MR) is 82.9 cm³/mol. The van der Waals surface area contributed by atoms with Crippen LogP contribution in [0.3, 0.4) is 0 Å². The average molecular weight is 304 g/mol. The van der Waals surface area contributed by atoms with Crippen molar-refractivity contribution < 1.29 is 4.92 Å². The van der Waals surface area contributed by atoms with E-state index in [1.807, 2.05) is 26.8 Å². The van der Waals surface area contributed by atoms with Crippen LogP contribution < -0.4 is 5.32 Å². The van der Waals surface area contributed by atoms with E-state index in [0.29, 0.717) is 22.3 Å². The fraction of sp³-hybridized carbons (Fsp3) is 0.286. The van der Waals surface area contributed by atoms with E-state index < -0.39 is 0 Å². The van der Waals surface area contributed by atoms with Crippen molar-refractivity contribution in [2.75, 3.05) is 11.9 Å². The predicted octanol–water partition coefficient (Wildman–Crippen LogP) is 3.58. The van der Waals surface area contributed by atoms with Crippen LogP contribution in [0.4, 0.5) is 11.4 Å². The van der Waals surface area contributed by atoms with Gasteiger partial charge in [-0.2, -0.15) is 0 Å². The lowest BCUT2D eigenvalue weighted by Crippen LogP contribution is -2.02. The lowest BCUT2D eigenvalue weighted by molar-refractivity contribution is -0.386. The normalized spacial score (nSPS) is 10.4. The van der Waals surface area contributed by atoms with Crippen LogP contribution in [-0.2, 0) is 0 Å². The Morgan fingerprint density at radius 3 is 2.52 bits per heavy atom. The number of para-hydroxylation sites is 1. The Hall–Kier alpha value is -2.15. The molecular formula is C14H16N4O2S. The Bertz CT molecular complexity index is 656. The third-order valence-corrected chi connectivity index (χ3v) is 3.63. The average Bonchev–Trinajstić information content (AvgIpc) is 2.37. The Balaban J connectivity index is 2.43. The number of rotatable bonds is 5. The van der Waals surface area contributed by atoms with Crippen molar-refractivity contribution in [3.63, 3.8) is 0 Å². The maximum atomic E-state index is 11.4. The van der Waals surface area contributed by atoms with E-state index in [4.69, 9.17) is 0 Å². The molecule has 1 aromatic heterocycles. The van der Waals surface area contributed by atoms with Gasteiger partial charge in [0.25, 0.3) is 0 Å². The molecule has 7 heteroatoms. The zero-order valence-electron chi connectivity index (χ0n) is 12.1. The molecule has 1 heterocycles. The van der Waals surface area contributed by atoms with E-state index in [1.165, 1.54) is 11.8 Å². The molecule has 1 aromatic carbocycles. The number of nitro benzene ring substituents is 1. The maximum Gasteiger partial charge on any atom is 0.306 e. The molecule has 0 saturated heterocycles. The summed E-state index contributed by atoms with van der Waals surface area (Å²) in [5.41, 5.74) is 2.26. The molecule has 0 radical (unpaired) electrons. The molecule has 110 valence electrons. The van der Waals surface area contributed by atoms with Crippen molar-refractivity contribution >= 4 is 23.1 Å². The van der Waals surface area contributed by atoms with Crippen molar-refractivity contribution in [1.82, 2.24) is 9.97 Å². The van der Waals surface area contributed by atoms with Gasteiger partial charge in [-0.3, -0.25) is 10.1 Å². The summed E-state index contributed by atoms with van der Waals surface area (Å²) in [6.07, 6.45) is 0. The first-order valence-corrected chi connectivity index (χ1v) is 7.34. The summed E-state index contributed by atoms with van der Waals surface area (Å²) in [6.45, 7) is 6.27. The first kappa shape index (κ1) is 15.2. The van der Waals surface area contributed by atoms with Gasteiger partial charge in [-0.15, -0.1) is 0 Å². The molecule has 0 aliphatic carbocycles. The van der Waals surface area contributed by atoms with Gasteiger partial charge in [-0.25, -0.2) is 9.97 Å². The number of nitrogens with one attached hydrogen (secondary N) is 1. The van der Waals surface area contributed by atoms with E-state index in [0.717, 1.165) is 11.4 Å². The van der Waals surface area contributed by atoms with Gasteiger partial charge < -0.3 is 5.32 Å². The second-order valence-electron chi connectivity index (χ2n) is 4.48. The minimum Gasteiger partial charge on any atom is -0.380 e. The Morgan fingerprint density at radius 2 is 1.95 bits per heavy atom. The van der Waals surface area contributed by atoms with E-state index in [9.17, 15) is 10.1 Å². The third-order valence-electron chi connectivity index (χ3n) is 2.71. The van der Waals surface area contributed by atoms with Gasteiger partial charge in [0.1, 0.15) is 5.69 Å². The van der Waals surface area contributed by atoms with Gasteiger partial charge in [0.2, 0.25) is 0 Å². The van der Waals surface area contributed by atoms with E-state index in [-0.39, 0.29) is 10.6 Å². The number of hydrogen-bond acceptors (Lipinski definition) is 6. The van der Waals surface area contributed by atoms with Crippen LogP contribution in [0.5, 0.6) is 0 Å². The van der Waals surface area contributed by atoms with Crippen molar-refractivity contribution in [3.05, 3.63) is 45.8 Å². The fourth-order valence-electron chi connectivity index (χ4n) is 1.96. The molecule has 0 atom stereocenters. The van der Waals surface area contributed by atoms with E-state index >= 15 is 0 Å². The molecule has 0 fully saturated rings. The van der Waals surface area contributed by atoms with Crippen LogP contribution in [0.15, 0.2) is 34.3 Å². The SMILES string of the molecule is CCNc1cccc(Sc2nc(C)cc(C)n2)c1[N+](=O)[O-]. The number of hydrogen-bond donors (Lipinski definition) is 1. The van der Waals surface area contributed by atoms with Crippen LogP contribution in [0, 0.1) is 24.0 Å². The van der Waals surface area contributed by atoms with Crippen molar-refractivity contribution in [2.45, 2.75) is 30.8 Å². The van der Waals surface area contributed by atoms with Crippen LogP contribution in [0.2, 0.25) is 0 Å². The van der Waals surface area contributed by atoms with Gasteiger partial charge in [0, 0.05) is 17.9 Å².